The largest absolute Gasteiger partial charge is 0.495 e. The highest BCUT2D eigenvalue weighted by atomic mass is 32.2. The van der Waals surface area contributed by atoms with Crippen LogP contribution in [0.2, 0.25) is 0 Å². The number of aryl methyl sites for hydroxylation is 2. The number of ether oxygens (including phenoxy) is 1. The highest BCUT2D eigenvalue weighted by Gasteiger charge is 2.29. The van der Waals surface area contributed by atoms with Crippen LogP contribution in [0.25, 0.3) is 0 Å². The van der Waals surface area contributed by atoms with Gasteiger partial charge in [-0.1, -0.05) is 30.7 Å². The predicted molar refractivity (Wildman–Crippen MR) is 157 cm³/mol. The van der Waals surface area contributed by atoms with Crippen LogP contribution < -0.4 is 14.4 Å². The second kappa shape index (κ2) is 12.0. The van der Waals surface area contributed by atoms with E-state index in [0.717, 1.165) is 30.4 Å². The Balaban J connectivity index is 1.53. The lowest BCUT2D eigenvalue weighted by Gasteiger charge is -2.26. The number of sulfonamides is 2. The fourth-order valence-electron chi connectivity index (χ4n) is 4.70. The lowest BCUT2D eigenvalue weighted by molar-refractivity contribution is 0.102. The number of carbonyl (C=O) groups is 1. The van der Waals surface area contributed by atoms with Crippen LogP contribution in [-0.2, 0) is 26.6 Å². The smallest absolute Gasteiger partial charge is 0.255 e. The number of nitrogens with zero attached hydrogens (tertiary/aromatic N) is 2. The molecule has 0 aliphatic carbocycles. The molecule has 0 radical (unpaired) electrons. The van der Waals surface area contributed by atoms with Crippen molar-refractivity contribution >= 4 is 37.3 Å². The zero-order chi connectivity index (χ0) is 29.1. The van der Waals surface area contributed by atoms with Crippen LogP contribution in [-0.4, -0.2) is 53.5 Å². The molecule has 0 spiro atoms. The maximum atomic E-state index is 13.3. The van der Waals surface area contributed by atoms with E-state index in [4.69, 9.17) is 4.74 Å². The van der Waals surface area contributed by atoms with Crippen molar-refractivity contribution in [3.63, 3.8) is 0 Å². The van der Waals surface area contributed by atoms with Crippen molar-refractivity contribution in [2.75, 3.05) is 36.1 Å². The fraction of sp³-hybridized carbons (Fsp3) is 0.345. The normalized spacial score (nSPS) is 14.5. The predicted octanol–water partition coefficient (Wildman–Crippen LogP) is 4.71. The standard InChI is InChI=1S/C29H35N3O6S2/c1-21-8-9-22(2)26(18-21)32(39(4,34)35)20-23-10-12-24(13-11-23)29(33)30-25-14-15-27(38-3)28(19-25)40(36,37)31-16-6-5-7-17-31/h8-15,18-19H,5-7,16-17,20H2,1-4H3,(H,30,33). The van der Waals surface area contributed by atoms with Crippen LogP contribution in [0.1, 0.15) is 46.3 Å². The molecule has 1 saturated heterocycles. The lowest BCUT2D eigenvalue weighted by Crippen LogP contribution is -2.35. The number of hydrogen-bond acceptors (Lipinski definition) is 6. The number of rotatable bonds is 9. The highest BCUT2D eigenvalue weighted by molar-refractivity contribution is 7.92. The average Bonchev–Trinajstić information content (AvgIpc) is 2.93. The van der Waals surface area contributed by atoms with Crippen LogP contribution in [0.15, 0.2) is 65.6 Å². The molecule has 1 amide bonds. The number of anilines is 2. The first-order valence-corrected chi connectivity index (χ1v) is 16.3. The summed E-state index contributed by atoms with van der Waals surface area (Å²) in [6, 6.07) is 16.8. The minimum atomic E-state index is -3.78. The van der Waals surface area contributed by atoms with Crippen LogP contribution in [0.4, 0.5) is 11.4 Å². The lowest BCUT2D eigenvalue weighted by atomic mass is 10.1. The number of hydrogen-bond donors (Lipinski definition) is 1. The molecule has 0 bridgehead atoms. The van der Waals surface area contributed by atoms with Gasteiger partial charge in [-0.05, 0) is 79.8 Å². The SMILES string of the molecule is COc1ccc(NC(=O)c2ccc(CN(c3cc(C)ccc3C)S(C)(=O)=O)cc2)cc1S(=O)(=O)N1CCCCC1. The molecule has 0 unspecified atom stereocenters. The van der Waals surface area contributed by atoms with Gasteiger partial charge in [-0.15, -0.1) is 0 Å². The van der Waals surface area contributed by atoms with Crippen LogP contribution in [0, 0.1) is 13.8 Å². The molecule has 1 heterocycles. The van der Waals surface area contributed by atoms with E-state index in [0.29, 0.717) is 35.6 Å². The second-order valence-corrected chi connectivity index (χ2v) is 13.9. The van der Waals surface area contributed by atoms with E-state index < -0.39 is 26.0 Å². The van der Waals surface area contributed by atoms with Gasteiger partial charge in [0.25, 0.3) is 5.91 Å². The van der Waals surface area contributed by atoms with Gasteiger partial charge in [0, 0.05) is 24.3 Å². The first kappa shape index (κ1) is 29.6. The molecular weight excluding hydrogens is 550 g/mol. The van der Waals surface area contributed by atoms with E-state index in [1.807, 2.05) is 32.0 Å². The van der Waals surface area contributed by atoms with E-state index in [2.05, 4.69) is 5.32 Å². The molecule has 1 aliphatic rings. The quantitative estimate of drug-likeness (QED) is 0.389. The maximum absolute atomic E-state index is 13.3. The van der Waals surface area contributed by atoms with Crippen molar-refractivity contribution < 1.29 is 26.4 Å². The van der Waals surface area contributed by atoms with Crippen LogP contribution in [0.5, 0.6) is 5.75 Å². The molecular formula is C29H35N3O6S2. The average molecular weight is 586 g/mol. The maximum Gasteiger partial charge on any atom is 0.255 e. The van der Waals surface area contributed by atoms with Gasteiger partial charge in [-0.2, -0.15) is 4.31 Å². The van der Waals surface area contributed by atoms with Crippen molar-refractivity contribution in [2.45, 2.75) is 44.6 Å². The molecule has 214 valence electrons. The number of methoxy groups -OCH3 is 1. The van der Waals surface area contributed by atoms with Crippen LogP contribution >= 0.6 is 0 Å². The summed E-state index contributed by atoms with van der Waals surface area (Å²) in [7, 11) is -5.93. The molecule has 11 heteroatoms. The molecule has 4 rings (SSSR count). The number of benzene rings is 3. The van der Waals surface area contributed by atoms with Crippen molar-refractivity contribution in [2.24, 2.45) is 0 Å². The molecule has 1 fully saturated rings. The first-order chi connectivity index (χ1) is 18.9. The first-order valence-electron chi connectivity index (χ1n) is 13.0. The molecule has 0 saturated carbocycles. The molecule has 3 aromatic carbocycles. The van der Waals surface area contributed by atoms with E-state index in [-0.39, 0.29) is 17.2 Å². The highest BCUT2D eigenvalue weighted by Crippen LogP contribution is 2.31. The van der Waals surface area contributed by atoms with Crippen molar-refractivity contribution in [1.82, 2.24) is 4.31 Å². The Morgan fingerprint density at radius 1 is 0.925 bits per heavy atom. The molecule has 0 atom stereocenters. The number of carbonyl (C=O) groups excluding carboxylic acids is 1. The summed E-state index contributed by atoms with van der Waals surface area (Å²) in [6.07, 6.45) is 3.78. The topological polar surface area (TPSA) is 113 Å². The summed E-state index contributed by atoms with van der Waals surface area (Å²) in [5.41, 5.74) is 3.78. The van der Waals surface area contributed by atoms with Gasteiger partial charge in [0.15, 0.2) is 0 Å². The Hall–Kier alpha value is -3.41. The van der Waals surface area contributed by atoms with E-state index in [1.54, 1.807) is 30.3 Å². The summed E-state index contributed by atoms with van der Waals surface area (Å²) in [6.45, 7) is 4.79. The van der Waals surface area contributed by atoms with Crippen molar-refractivity contribution in [3.8, 4) is 5.75 Å². The van der Waals surface area contributed by atoms with Gasteiger partial charge in [-0.25, -0.2) is 16.8 Å². The zero-order valence-electron chi connectivity index (χ0n) is 23.2. The summed E-state index contributed by atoms with van der Waals surface area (Å²) >= 11 is 0. The van der Waals surface area contributed by atoms with E-state index in [9.17, 15) is 21.6 Å². The summed E-state index contributed by atoms with van der Waals surface area (Å²) in [5.74, 6) is -0.209. The van der Waals surface area contributed by atoms with Crippen molar-refractivity contribution in [3.05, 3.63) is 82.9 Å². The number of piperidine rings is 1. The monoisotopic (exact) mass is 585 g/mol. The second-order valence-electron chi connectivity index (χ2n) is 10.0. The summed E-state index contributed by atoms with van der Waals surface area (Å²) in [4.78, 5) is 13.0. The van der Waals surface area contributed by atoms with Gasteiger partial charge in [0.2, 0.25) is 20.0 Å². The van der Waals surface area contributed by atoms with Crippen LogP contribution in [0.3, 0.4) is 0 Å². The van der Waals surface area contributed by atoms with E-state index >= 15 is 0 Å². The Bertz CT molecular complexity index is 1600. The van der Waals surface area contributed by atoms with Gasteiger partial charge in [-0.3, -0.25) is 9.10 Å². The Labute approximate surface area is 236 Å². The third-order valence-corrected chi connectivity index (χ3v) is 9.98. The van der Waals surface area contributed by atoms with Crippen molar-refractivity contribution in [1.29, 1.82) is 0 Å². The Morgan fingerprint density at radius 3 is 2.23 bits per heavy atom. The molecule has 1 N–H and O–H groups in total. The zero-order valence-corrected chi connectivity index (χ0v) is 24.8. The van der Waals surface area contributed by atoms with Gasteiger partial charge < -0.3 is 10.1 Å². The Kier molecular flexibility index (Phi) is 8.86. The third-order valence-electron chi connectivity index (χ3n) is 6.93. The van der Waals surface area contributed by atoms with E-state index in [1.165, 1.54) is 34.1 Å². The molecule has 40 heavy (non-hydrogen) atoms. The molecule has 1 aliphatic heterocycles. The minimum Gasteiger partial charge on any atom is -0.495 e. The fourth-order valence-corrected chi connectivity index (χ4v) is 7.34. The minimum absolute atomic E-state index is 0.0114. The Morgan fingerprint density at radius 2 is 1.60 bits per heavy atom. The molecule has 9 nitrogen and oxygen atoms in total. The van der Waals surface area contributed by atoms with Gasteiger partial charge in [0.05, 0.1) is 25.6 Å². The molecule has 3 aromatic rings. The summed E-state index contributed by atoms with van der Waals surface area (Å²) in [5, 5.41) is 2.77. The number of nitrogens with one attached hydrogen (secondary N) is 1. The van der Waals surface area contributed by atoms with Gasteiger partial charge >= 0.3 is 0 Å². The third kappa shape index (κ3) is 6.65. The number of amides is 1. The summed E-state index contributed by atoms with van der Waals surface area (Å²) < 4.78 is 60.0. The van der Waals surface area contributed by atoms with Gasteiger partial charge in [0.1, 0.15) is 10.6 Å². The molecule has 0 aromatic heterocycles.